The van der Waals surface area contributed by atoms with Crippen LogP contribution in [0.15, 0.2) is 22.8 Å². The lowest BCUT2D eigenvalue weighted by Gasteiger charge is -2.30. The molecular weight excluding hydrogens is 206 g/mol. The van der Waals surface area contributed by atoms with Crippen molar-refractivity contribution in [1.82, 2.24) is 15.5 Å². The summed E-state index contributed by atoms with van der Waals surface area (Å²) in [6.45, 7) is 3.61. The van der Waals surface area contributed by atoms with Crippen LogP contribution in [0.25, 0.3) is 0 Å². The molecule has 0 aromatic carbocycles. The Morgan fingerprint density at radius 2 is 2.62 bits per heavy atom. The van der Waals surface area contributed by atoms with Gasteiger partial charge in [0.15, 0.2) is 5.76 Å². The normalized spacial score (nSPS) is 21.9. The molecular formula is C11H17N3O2. The molecule has 16 heavy (non-hydrogen) atoms. The number of piperazine rings is 1. The number of nitrogens with zero attached hydrogens (tertiary/aromatic N) is 1. The van der Waals surface area contributed by atoms with Crippen molar-refractivity contribution >= 4 is 5.91 Å². The predicted molar refractivity (Wildman–Crippen MR) is 60.3 cm³/mol. The smallest absolute Gasteiger partial charge is 0.287 e. The van der Waals surface area contributed by atoms with Crippen molar-refractivity contribution in [2.75, 3.05) is 33.2 Å². The van der Waals surface area contributed by atoms with Crippen molar-refractivity contribution in [3.05, 3.63) is 24.2 Å². The third kappa shape index (κ3) is 2.84. The minimum absolute atomic E-state index is 0.153. The van der Waals surface area contributed by atoms with Crippen molar-refractivity contribution in [2.45, 2.75) is 6.04 Å². The van der Waals surface area contributed by atoms with E-state index in [1.54, 1.807) is 12.1 Å². The largest absolute Gasteiger partial charge is 0.459 e. The molecule has 0 radical (unpaired) electrons. The van der Waals surface area contributed by atoms with Crippen LogP contribution in [-0.2, 0) is 0 Å². The zero-order chi connectivity index (χ0) is 11.4. The van der Waals surface area contributed by atoms with Crippen LogP contribution in [0.5, 0.6) is 0 Å². The number of likely N-dealkylation sites (N-methyl/N-ethyl adjacent to an activating group) is 1. The molecule has 2 N–H and O–H groups in total. The maximum Gasteiger partial charge on any atom is 0.287 e. The van der Waals surface area contributed by atoms with Crippen LogP contribution >= 0.6 is 0 Å². The number of hydrogen-bond donors (Lipinski definition) is 2. The summed E-state index contributed by atoms with van der Waals surface area (Å²) in [4.78, 5) is 13.8. The highest BCUT2D eigenvalue weighted by molar-refractivity contribution is 5.91. The number of carbonyl (C=O) groups excluding carboxylic acids is 1. The van der Waals surface area contributed by atoms with Crippen LogP contribution in [0.3, 0.4) is 0 Å². The molecule has 0 aliphatic carbocycles. The van der Waals surface area contributed by atoms with Gasteiger partial charge in [0.25, 0.3) is 5.91 Å². The lowest BCUT2D eigenvalue weighted by atomic mass is 10.2. The first-order valence-electron chi connectivity index (χ1n) is 5.49. The van der Waals surface area contributed by atoms with Crippen molar-refractivity contribution in [2.24, 2.45) is 0 Å². The molecule has 1 fully saturated rings. The second-order valence-electron chi connectivity index (χ2n) is 4.10. The Morgan fingerprint density at radius 1 is 1.75 bits per heavy atom. The molecule has 0 spiro atoms. The van der Waals surface area contributed by atoms with E-state index in [1.165, 1.54) is 6.26 Å². The minimum atomic E-state index is -0.153. The summed E-state index contributed by atoms with van der Waals surface area (Å²) in [6, 6.07) is 3.69. The monoisotopic (exact) mass is 223 g/mol. The molecule has 1 aliphatic rings. The fraction of sp³-hybridized carbons (Fsp3) is 0.545. The fourth-order valence-corrected chi connectivity index (χ4v) is 1.84. The molecule has 1 aliphatic heterocycles. The van der Waals surface area contributed by atoms with Crippen LogP contribution in [0.2, 0.25) is 0 Å². The molecule has 1 saturated heterocycles. The number of carbonyl (C=O) groups is 1. The van der Waals surface area contributed by atoms with Crippen molar-refractivity contribution in [3.63, 3.8) is 0 Å². The third-order valence-corrected chi connectivity index (χ3v) is 2.71. The standard InChI is InChI=1S/C11H17N3O2/c1-14-5-4-12-9(8-14)7-13-11(15)10-3-2-6-16-10/h2-3,6,9,12H,4-5,7-8H2,1H3,(H,13,15). The number of amides is 1. The first-order chi connectivity index (χ1) is 7.75. The Bertz CT molecular complexity index is 337. The van der Waals surface area contributed by atoms with Gasteiger partial charge in [-0.1, -0.05) is 0 Å². The average molecular weight is 223 g/mol. The van der Waals surface area contributed by atoms with Gasteiger partial charge in [-0.3, -0.25) is 4.79 Å². The molecule has 88 valence electrons. The van der Waals surface area contributed by atoms with E-state index in [0.29, 0.717) is 18.3 Å². The van der Waals surface area contributed by atoms with Gasteiger partial charge >= 0.3 is 0 Å². The number of nitrogens with one attached hydrogen (secondary N) is 2. The summed E-state index contributed by atoms with van der Waals surface area (Å²) < 4.78 is 5.01. The van der Waals surface area contributed by atoms with Crippen molar-refractivity contribution < 1.29 is 9.21 Å². The van der Waals surface area contributed by atoms with E-state index in [0.717, 1.165) is 19.6 Å². The van der Waals surface area contributed by atoms with Crippen molar-refractivity contribution in [3.8, 4) is 0 Å². The number of furan rings is 1. The lowest BCUT2D eigenvalue weighted by molar-refractivity contribution is 0.0916. The first kappa shape index (κ1) is 11.2. The summed E-state index contributed by atoms with van der Waals surface area (Å²) in [5, 5.41) is 6.22. The van der Waals surface area contributed by atoms with E-state index in [2.05, 4.69) is 22.6 Å². The zero-order valence-electron chi connectivity index (χ0n) is 9.40. The second-order valence-corrected chi connectivity index (χ2v) is 4.10. The highest BCUT2D eigenvalue weighted by Gasteiger charge is 2.17. The van der Waals surface area contributed by atoms with E-state index in [1.807, 2.05) is 0 Å². The van der Waals surface area contributed by atoms with E-state index in [4.69, 9.17) is 4.42 Å². The molecule has 1 atom stereocenters. The van der Waals surface area contributed by atoms with Gasteiger partial charge in [-0.2, -0.15) is 0 Å². The van der Waals surface area contributed by atoms with Crippen LogP contribution in [0, 0.1) is 0 Å². The Balaban J connectivity index is 1.77. The van der Waals surface area contributed by atoms with Gasteiger partial charge in [0.05, 0.1) is 6.26 Å². The quantitative estimate of drug-likeness (QED) is 0.752. The molecule has 5 nitrogen and oxygen atoms in total. The van der Waals surface area contributed by atoms with Crippen LogP contribution in [-0.4, -0.2) is 50.1 Å². The first-order valence-corrected chi connectivity index (χ1v) is 5.49. The summed E-state index contributed by atoms with van der Waals surface area (Å²) in [5.41, 5.74) is 0. The summed E-state index contributed by atoms with van der Waals surface area (Å²) in [5.74, 6) is 0.212. The molecule has 5 heteroatoms. The Morgan fingerprint density at radius 3 is 3.31 bits per heavy atom. The fourth-order valence-electron chi connectivity index (χ4n) is 1.84. The highest BCUT2D eigenvalue weighted by atomic mass is 16.3. The SMILES string of the molecule is CN1CCNC(CNC(=O)c2ccco2)C1. The Kier molecular flexibility index (Phi) is 3.58. The zero-order valence-corrected chi connectivity index (χ0v) is 9.40. The molecule has 0 saturated carbocycles. The Labute approximate surface area is 94.8 Å². The van der Waals surface area contributed by atoms with Gasteiger partial charge < -0.3 is 20.0 Å². The van der Waals surface area contributed by atoms with Crippen LogP contribution in [0.1, 0.15) is 10.6 Å². The maximum atomic E-state index is 11.6. The third-order valence-electron chi connectivity index (χ3n) is 2.71. The molecule has 2 heterocycles. The highest BCUT2D eigenvalue weighted by Crippen LogP contribution is 2.00. The van der Waals surface area contributed by atoms with E-state index in [-0.39, 0.29) is 5.91 Å². The van der Waals surface area contributed by atoms with E-state index >= 15 is 0 Å². The van der Waals surface area contributed by atoms with Gasteiger partial charge in [0, 0.05) is 32.2 Å². The minimum Gasteiger partial charge on any atom is -0.459 e. The molecule has 1 amide bonds. The van der Waals surface area contributed by atoms with Gasteiger partial charge in [0.2, 0.25) is 0 Å². The van der Waals surface area contributed by atoms with Crippen molar-refractivity contribution in [1.29, 1.82) is 0 Å². The second kappa shape index (κ2) is 5.14. The summed E-state index contributed by atoms with van der Waals surface area (Å²) >= 11 is 0. The van der Waals surface area contributed by atoms with Gasteiger partial charge in [-0.05, 0) is 19.2 Å². The number of rotatable bonds is 3. The predicted octanol–water partition coefficient (Wildman–Crippen LogP) is -0.0870. The van der Waals surface area contributed by atoms with Gasteiger partial charge in [-0.25, -0.2) is 0 Å². The lowest BCUT2D eigenvalue weighted by Crippen LogP contribution is -2.53. The molecule has 1 aromatic heterocycles. The van der Waals surface area contributed by atoms with Gasteiger partial charge in [0.1, 0.15) is 0 Å². The maximum absolute atomic E-state index is 11.6. The summed E-state index contributed by atoms with van der Waals surface area (Å²) in [6.07, 6.45) is 1.50. The molecule has 1 aromatic rings. The van der Waals surface area contributed by atoms with E-state index < -0.39 is 0 Å². The Hall–Kier alpha value is -1.33. The topological polar surface area (TPSA) is 57.5 Å². The van der Waals surface area contributed by atoms with Crippen LogP contribution in [0.4, 0.5) is 0 Å². The number of hydrogen-bond acceptors (Lipinski definition) is 4. The summed E-state index contributed by atoms with van der Waals surface area (Å²) in [7, 11) is 2.09. The van der Waals surface area contributed by atoms with Gasteiger partial charge in [-0.15, -0.1) is 0 Å². The van der Waals surface area contributed by atoms with Crippen LogP contribution < -0.4 is 10.6 Å². The molecule has 2 rings (SSSR count). The van der Waals surface area contributed by atoms with E-state index in [9.17, 15) is 4.79 Å². The molecule has 1 unspecified atom stereocenters. The average Bonchev–Trinajstić information content (AvgIpc) is 2.79. The molecule has 0 bridgehead atoms.